The predicted molar refractivity (Wildman–Crippen MR) is 62.0 cm³/mol. The minimum atomic E-state index is -0.343. The van der Waals surface area contributed by atoms with Gasteiger partial charge in [0.1, 0.15) is 5.82 Å². The van der Waals surface area contributed by atoms with Crippen LogP contribution in [-0.2, 0) is 6.54 Å². The number of anilines is 1. The zero-order valence-electron chi connectivity index (χ0n) is 9.60. The van der Waals surface area contributed by atoms with Gasteiger partial charge in [0, 0.05) is 13.1 Å². The first-order chi connectivity index (χ1) is 6.88. The fourth-order valence-electron chi connectivity index (χ4n) is 1.26. The van der Waals surface area contributed by atoms with Crippen LogP contribution in [0.25, 0.3) is 0 Å². The van der Waals surface area contributed by atoms with Gasteiger partial charge in [0.25, 0.3) is 0 Å². The summed E-state index contributed by atoms with van der Waals surface area (Å²) in [7, 11) is 0. The molecule has 0 radical (unpaired) electrons. The summed E-state index contributed by atoms with van der Waals surface area (Å²) in [5.41, 5.74) is 6.76. The molecule has 0 amide bonds. The molecule has 0 saturated carbocycles. The first kappa shape index (κ1) is 12.0. The number of hydrogen-bond donors (Lipinski definition) is 2. The molecular weight excluding hydrogens is 191 g/mol. The predicted octanol–water partition coefficient (Wildman–Crippen LogP) is 2.54. The van der Waals surface area contributed by atoms with E-state index < -0.39 is 0 Å². The molecule has 0 aliphatic rings. The van der Waals surface area contributed by atoms with Crippen LogP contribution in [-0.4, -0.2) is 6.54 Å². The summed E-state index contributed by atoms with van der Waals surface area (Å²) in [5, 5.41) is 3.28. The Bertz CT molecular complexity index is 329. The van der Waals surface area contributed by atoms with Crippen LogP contribution in [0.1, 0.15) is 26.3 Å². The Kier molecular flexibility index (Phi) is 3.69. The van der Waals surface area contributed by atoms with E-state index in [1.165, 1.54) is 6.07 Å². The van der Waals surface area contributed by atoms with Gasteiger partial charge in [-0.25, -0.2) is 4.39 Å². The summed E-state index contributed by atoms with van der Waals surface area (Å²) in [5.74, 6) is -0.343. The Hall–Kier alpha value is -1.09. The molecular formula is C12H19FN2. The van der Waals surface area contributed by atoms with E-state index in [0.29, 0.717) is 6.54 Å². The third kappa shape index (κ3) is 4.30. The highest BCUT2D eigenvalue weighted by Crippen LogP contribution is 2.13. The van der Waals surface area contributed by atoms with Gasteiger partial charge in [-0.1, -0.05) is 26.8 Å². The van der Waals surface area contributed by atoms with E-state index >= 15 is 0 Å². The monoisotopic (exact) mass is 210 g/mol. The highest BCUT2D eigenvalue weighted by Gasteiger charge is 2.09. The van der Waals surface area contributed by atoms with Crippen LogP contribution < -0.4 is 11.1 Å². The normalized spacial score (nSPS) is 11.7. The molecule has 1 aromatic rings. The third-order valence-corrected chi connectivity index (χ3v) is 2.05. The zero-order chi connectivity index (χ0) is 11.5. The molecule has 0 saturated heterocycles. The quantitative estimate of drug-likeness (QED) is 0.752. The molecule has 0 aliphatic carbocycles. The van der Waals surface area contributed by atoms with E-state index in [4.69, 9.17) is 5.73 Å². The Balaban J connectivity index is 2.48. The second-order valence-corrected chi connectivity index (χ2v) is 5.02. The number of benzene rings is 1. The topological polar surface area (TPSA) is 38.0 Å². The minimum Gasteiger partial charge on any atom is -0.396 e. The Morgan fingerprint density at radius 2 is 2.00 bits per heavy atom. The summed E-state index contributed by atoms with van der Waals surface area (Å²) in [6.07, 6.45) is 0. The van der Waals surface area contributed by atoms with Crippen molar-refractivity contribution >= 4 is 5.69 Å². The summed E-state index contributed by atoms with van der Waals surface area (Å²) >= 11 is 0. The summed E-state index contributed by atoms with van der Waals surface area (Å²) < 4.78 is 13.1. The van der Waals surface area contributed by atoms with Gasteiger partial charge in [-0.05, 0) is 23.1 Å². The van der Waals surface area contributed by atoms with Crippen LogP contribution in [0.3, 0.4) is 0 Å². The number of nitrogens with two attached hydrogens (primary N) is 1. The first-order valence-corrected chi connectivity index (χ1v) is 5.13. The van der Waals surface area contributed by atoms with Crippen molar-refractivity contribution in [3.05, 3.63) is 29.6 Å². The standard InChI is InChI=1S/C12H19FN2/c1-12(2,3)8-15-7-9-4-5-11(14)10(13)6-9/h4-6,15H,7-8,14H2,1-3H3. The van der Waals surface area contributed by atoms with Gasteiger partial charge in [-0.3, -0.25) is 0 Å². The maximum atomic E-state index is 13.1. The maximum absolute atomic E-state index is 13.1. The number of rotatable bonds is 3. The number of halogens is 1. The molecule has 3 N–H and O–H groups in total. The van der Waals surface area contributed by atoms with Crippen molar-refractivity contribution < 1.29 is 4.39 Å². The summed E-state index contributed by atoms with van der Waals surface area (Å²) in [6, 6.07) is 4.92. The lowest BCUT2D eigenvalue weighted by atomic mass is 9.97. The average molecular weight is 210 g/mol. The Labute approximate surface area is 90.7 Å². The molecule has 2 nitrogen and oxygen atoms in total. The maximum Gasteiger partial charge on any atom is 0.146 e. The highest BCUT2D eigenvalue weighted by atomic mass is 19.1. The van der Waals surface area contributed by atoms with Crippen LogP contribution in [0.5, 0.6) is 0 Å². The summed E-state index contributed by atoms with van der Waals surface area (Å²) in [4.78, 5) is 0. The van der Waals surface area contributed by atoms with Crippen molar-refractivity contribution in [1.29, 1.82) is 0 Å². The van der Waals surface area contributed by atoms with Gasteiger partial charge in [0.05, 0.1) is 5.69 Å². The molecule has 0 unspecified atom stereocenters. The van der Waals surface area contributed by atoms with Crippen molar-refractivity contribution in [1.82, 2.24) is 5.32 Å². The first-order valence-electron chi connectivity index (χ1n) is 5.13. The number of nitrogens with one attached hydrogen (secondary N) is 1. The molecule has 84 valence electrons. The van der Waals surface area contributed by atoms with Crippen molar-refractivity contribution in [2.75, 3.05) is 12.3 Å². The fourth-order valence-corrected chi connectivity index (χ4v) is 1.26. The summed E-state index contributed by atoms with van der Waals surface area (Å²) in [6.45, 7) is 8.05. The van der Waals surface area contributed by atoms with Crippen molar-refractivity contribution in [3.63, 3.8) is 0 Å². The molecule has 15 heavy (non-hydrogen) atoms. The van der Waals surface area contributed by atoms with E-state index in [1.807, 2.05) is 6.07 Å². The van der Waals surface area contributed by atoms with Gasteiger partial charge in [0.2, 0.25) is 0 Å². The van der Waals surface area contributed by atoms with Crippen LogP contribution in [0.4, 0.5) is 10.1 Å². The molecule has 3 heteroatoms. The lowest BCUT2D eigenvalue weighted by molar-refractivity contribution is 0.379. The lowest BCUT2D eigenvalue weighted by Gasteiger charge is -2.18. The molecule has 0 atom stereocenters. The van der Waals surface area contributed by atoms with Gasteiger partial charge in [-0.2, -0.15) is 0 Å². The van der Waals surface area contributed by atoms with Crippen molar-refractivity contribution in [2.45, 2.75) is 27.3 Å². The number of hydrogen-bond acceptors (Lipinski definition) is 2. The second kappa shape index (κ2) is 4.62. The molecule has 0 fully saturated rings. The average Bonchev–Trinajstić information content (AvgIpc) is 2.09. The SMILES string of the molecule is CC(C)(C)CNCc1ccc(N)c(F)c1. The molecule has 0 aromatic heterocycles. The van der Waals surface area contributed by atoms with Gasteiger partial charge in [-0.15, -0.1) is 0 Å². The second-order valence-electron chi connectivity index (χ2n) is 5.02. The van der Waals surface area contributed by atoms with Crippen LogP contribution >= 0.6 is 0 Å². The smallest absolute Gasteiger partial charge is 0.146 e. The molecule has 0 spiro atoms. The highest BCUT2D eigenvalue weighted by molar-refractivity contribution is 5.41. The number of nitrogen functional groups attached to an aromatic ring is 1. The fraction of sp³-hybridized carbons (Fsp3) is 0.500. The van der Waals surface area contributed by atoms with E-state index in [1.54, 1.807) is 6.07 Å². The lowest BCUT2D eigenvalue weighted by Crippen LogP contribution is -2.26. The minimum absolute atomic E-state index is 0.203. The largest absolute Gasteiger partial charge is 0.396 e. The zero-order valence-corrected chi connectivity index (χ0v) is 9.60. The third-order valence-electron chi connectivity index (χ3n) is 2.05. The molecule has 0 bridgehead atoms. The Morgan fingerprint density at radius 1 is 1.33 bits per heavy atom. The molecule has 1 aromatic carbocycles. The van der Waals surface area contributed by atoms with Gasteiger partial charge >= 0.3 is 0 Å². The molecule has 0 heterocycles. The van der Waals surface area contributed by atoms with Gasteiger partial charge < -0.3 is 11.1 Å². The van der Waals surface area contributed by atoms with Crippen LogP contribution in [0.15, 0.2) is 18.2 Å². The van der Waals surface area contributed by atoms with E-state index in [9.17, 15) is 4.39 Å². The van der Waals surface area contributed by atoms with Crippen LogP contribution in [0, 0.1) is 11.2 Å². The van der Waals surface area contributed by atoms with Crippen LogP contribution in [0.2, 0.25) is 0 Å². The van der Waals surface area contributed by atoms with Crippen molar-refractivity contribution in [2.24, 2.45) is 5.41 Å². The van der Waals surface area contributed by atoms with E-state index in [-0.39, 0.29) is 16.9 Å². The molecule has 0 aliphatic heterocycles. The van der Waals surface area contributed by atoms with E-state index in [0.717, 1.165) is 12.1 Å². The molecule has 1 rings (SSSR count). The van der Waals surface area contributed by atoms with Gasteiger partial charge in [0.15, 0.2) is 0 Å². The van der Waals surface area contributed by atoms with E-state index in [2.05, 4.69) is 26.1 Å². The Morgan fingerprint density at radius 3 is 2.53 bits per heavy atom. The van der Waals surface area contributed by atoms with Crippen molar-refractivity contribution in [3.8, 4) is 0 Å².